The molecule has 2 N–H and O–H groups in total. The molecule has 1 fully saturated rings. The van der Waals surface area contributed by atoms with Crippen molar-refractivity contribution in [2.75, 3.05) is 26.8 Å². The molecule has 4 heteroatoms. The SMILES string of the molecule is CNC(C)C(=O)NCCCOCC1CC1. The molecule has 1 saturated carbocycles. The van der Waals surface area contributed by atoms with Crippen LogP contribution in [-0.2, 0) is 9.53 Å². The van der Waals surface area contributed by atoms with Crippen molar-refractivity contribution >= 4 is 5.91 Å². The molecule has 4 nitrogen and oxygen atoms in total. The molecule has 0 radical (unpaired) electrons. The smallest absolute Gasteiger partial charge is 0.236 e. The van der Waals surface area contributed by atoms with Crippen molar-refractivity contribution < 1.29 is 9.53 Å². The summed E-state index contributed by atoms with van der Waals surface area (Å²) in [6.07, 6.45) is 3.56. The highest BCUT2D eigenvalue weighted by Gasteiger charge is 2.20. The average Bonchev–Trinajstić information content (AvgIpc) is 3.05. The summed E-state index contributed by atoms with van der Waals surface area (Å²) >= 11 is 0. The maximum atomic E-state index is 11.3. The van der Waals surface area contributed by atoms with Crippen LogP contribution < -0.4 is 10.6 Å². The molecule has 88 valence electrons. The largest absolute Gasteiger partial charge is 0.381 e. The van der Waals surface area contributed by atoms with Gasteiger partial charge in [0.05, 0.1) is 6.04 Å². The van der Waals surface area contributed by atoms with Crippen LogP contribution in [0.2, 0.25) is 0 Å². The normalized spacial score (nSPS) is 17.5. The zero-order valence-electron chi connectivity index (χ0n) is 9.71. The first kappa shape index (κ1) is 12.5. The van der Waals surface area contributed by atoms with Crippen LogP contribution in [-0.4, -0.2) is 38.8 Å². The predicted octanol–water partition coefficient (Wildman–Crippen LogP) is 0.527. The van der Waals surface area contributed by atoms with Crippen molar-refractivity contribution in [2.24, 2.45) is 5.92 Å². The second kappa shape index (κ2) is 6.80. The molecule has 1 atom stereocenters. The van der Waals surface area contributed by atoms with E-state index in [0.29, 0.717) is 6.54 Å². The molecule has 1 rings (SSSR count). The van der Waals surface area contributed by atoms with Crippen molar-refractivity contribution in [2.45, 2.75) is 32.2 Å². The lowest BCUT2D eigenvalue weighted by Gasteiger charge is -2.10. The Morgan fingerprint density at radius 3 is 2.87 bits per heavy atom. The number of hydrogen-bond donors (Lipinski definition) is 2. The maximum Gasteiger partial charge on any atom is 0.236 e. The third kappa shape index (κ3) is 5.74. The van der Waals surface area contributed by atoms with Crippen LogP contribution in [0.15, 0.2) is 0 Å². The lowest BCUT2D eigenvalue weighted by Crippen LogP contribution is -2.40. The molecule has 0 spiro atoms. The number of hydrogen-bond acceptors (Lipinski definition) is 3. The number of carbonyl (C=O) groups is 1. The van der Waals surface area contributed by atoms with Gasteiger partial charge in [0.1, 0.15) is 0 Å². The molecule has 0 bridgehead atoms. The second-order valence-electron chi connectivity index (χ2n) is 4.17. The summed E-state index contributed by atoms with van der Waals surface area (Å²) in [4.78, 5) is 11.3. The summed E-state index contributed by atoms with van der Waals surface area (Å²) < 4.78 is 5.46. The molecule has 0 aliphatic heterocycles. The van der Waals surface area contributed by atoms with Gasteiger partial charge in [0, 0.05) is 19.8 Å². The van der Waals surface area contributed by atoms with Gasteiger partial charge in [-0.2, -0.15) is 0 Å². The summed E-state index contributed by atoms with van der Waals surface area (Å²) in [5.41, 5.74) is 0. The van der Waals surface area contributed by atoms with E-state index in [0.717, 1.165) is 25.6 Å². The molecule has 1 unspecified atom stereocenters. The minimum atomic E-state index is -0.114. The minimum absolute atomic E-state index is 0.0553. The molecule has 15 heavy (non-hydrogen) atoms. The highest BCUT2D eigenvalue weighted by Crippen LogP contribution is 2.28. The van der Waals surface area contributed by atoms with Gasteiger partial charge in [0.2, 0.25) is 5.91 Å². The highest BCUT2D eigenvalue weighted by molar-refractivity contribution is 5.81. The van der Waals surface area contributed by atoms with Crippen LogP contribution in [0.1, 0.15) is 26.2 Å². The number of nitrogens with one attached hydrogen (secondary N) is 2. The molecule has 1 aliphatic rings. The van der Waals surface area contributed by atoms with E-state index in [1.54, 1.807) is 7.05 Å². The van der Waals surface area contributed by atoms with Crippen LogP contribution in [0.5, 0.6) is 0 Å². The number of rotatable bonds is 8. The van der Waals surface area contributed by atoms with Gasteiger partial charge in [-0.05, 0) is 39.2 Å². The monoisotopic (exact) mass is 214 g/mol. The number of likely N-dealkylation sites (N-methyl/N-ethyl adjacent to an activating group) is 1. The summed E-state index contributed by atoms with van der Waals surface area (Å²) in [7, 11) is 1.78. The molecule has 0 aromatic carbocycles. The summed E-state index contributed by atoms with van der Waals surface area (Å²) in [6, 6.07) is -0.114. The minimum Gasteiger partial charge on any atom is -0.381 e. The Morgan fingerprint density at radius 2 is 2.27 bits per heavy atom. The van der Waals surface area contributed by atoms with Crippen LogP contribution >= 0.6 is 0 Å². The van der Waals surface area contributed by atoms with Crippen molar-refractivity contribution in [1.29, 1.82) is 0 Å². The zero-order chi connectivity index (χ0) is 11.1. The first-order chi connectivity index (χ1) is 7.24. The summed E-state index contributed by atoms with van der Waals surface area (Å²) in [5.74, 6) is 0.878. The summed E-state index contributed by atoms with van der Waals surface area (Å²) in [6.45, 7) is 4.21. The Balaban J connectivity index is 1.84. The predicted molar refractivity (Wildman–Crippen MR) is 59.7 cm³/mol. The van der Waals surface area contributed by atoms with Gasteiger partial charge >= 0.3 is 0 Å². The third-order valence-electron chi connectivity index (χ3n) is 2.64. The third-order valence-corrected chi connectivity index (χ3v) is 2.64. The van der Waals surface area contributed by atoms with Gasteiger partial charge < -0.3 is 15.4 Å². The van der Waals surface area contributed by atoms with E-state index in [-0.39, 0.29) is 11.9 Å². The average molecular weight is 214 g/mol. The zero-order valence-corrected chi connectivity index (χ0v) is 9.71. The van der Waals surface area contributed by atoms with Gasteiger partial charge in [-0.25, -0.2) is 0 Å². The second-order valence-corrected chi connectivity index (χ2v) is 4.17. The fourth-order valence-corrected chi connectivity index (χ4v) is 1.20. The van der Waals surface area contributed by atoms with Crippen molar-refractivity contribution in [1.82, 2.24) is 10.6 Å². The Morgan fingerprint density at radius 1 is 1.53 bits per heavy atom. The molecule has 1 amide bonds. The van der Waals surface area contributed by atoms with E-state index >= 15 is 0 Å². The molecule has 0 aromatic rings. The van der Waals surface area contributed by atoms with Crippen LogP contribution in [0, 0.1) is 5.92 Å². The van der Waals surface area contributed by atoms with Crippen molar-refractivity contribution in [3.8, 4) is 0 Å². The molecular formula is C11H22N2O2. The van der Waals surface area contributed by atoms with Crippen molar-refractivity contribution in [3.05, 3.63) is 0 Å². The molecular weight excluding hydrogens is 192 g/mol. The van der Waals surface area contributed by atoms with Crippen LogP contribution in [0.3, 0.4) is 0 Å². The van der Waals surface area contributed by atoms with Gasteiger partial charge in [-0.15, -0.1) is 0 Å². The van der Waals surface area contributed by atoms with E-state index in [9.17, 15) is 4.79 Å². The number of carbonyl (C=O) groups excluding carboxylic acids is 1. The molecule has 0 saturated heterocycles. The first-order valence-electron chi connectivity index (χ1n) is 5.76. The van der Waals surface area contributed by atoms with E-state index in [4.69, 9.17) is 4.74 Å². The van der Waals surface area contributed by atoms with E-state index in [2.05, 4.69) is 10.6 Å². The molecule has 1 aliphatic carbocycles. The van der Waals surface area contributed by atoms with Gasteiger partial charge in [0.25, 0.3) is 0 Å². The lowest BCUT2D eigenvalue weighted by molar-refractivity contribution is -0.122. The summed E-state index contributed by atoms with van der Waals surface area (Å²) in [5, 5.41) is 5.75. The fourth-order valence-electron chi connectivity index (χ4n) is 1.20. The highest BCUT2D eigenvalue weighted by atomic mass is 16.5. The number of amides is 1. The quantitative estimate of drug-likeness (QED) is 0.579. The molecule has 0 aromatic heterocycles. The van der Waals surface area contributed by atoms with E-state index < -0.39 is 0 Å². The van der Waals surface area contributed by atoms with Crippen molar-refractivity contribution in [3.63, 3.8) is 0 Å². The van der Waals surface area contributed by atoms with Gasteiger partial charge in [0.15, 0.2) is 0 Å². The lowest BCUT2D eigenvalue weighted by atomic mass is 10.3. The first-order valence-corrected chi connectivity index (χ1v) is 5.76. The Hall–Kier alpha value is -0.610. The molecule has 0 heterocycles. The fraction of sp³-hybridized carbons (Fsp3) is 0.909. The number of ether oxygens (including phenoxy) is 1. The van der Waals surface area contributed by atoms with E-state index in [1.807, 2.05) is 6.92 Å². The standard InChI is InChI=1S/C11H22N2O2/c1-9(12-2)11(14)13-6-3-7-15-8-10-4-5-10/h9-10,12H,3-8H2,1-2H3,(H,13,14). The van der Waals surface area contributed by atoms with Crippen LogP contribution in [0.4, 0.5) is 0 Å². The van der Waals surface area contributed by atoms with Gasteiger partial charge in [-0.3, -0.25) is 4.79 Å². The van der Waals surface area contributed by atoms with Gasteiger partial charge in [-0.1, -0.05) is 0 Å². The maximum absolute atomic E-state index is 11.3. The topological polar surface area (TPSA) is 50.4 Å². The Labute approximate surface area is 91.8 Å². The Kier molecular flexibility index (Phi) is 5.65. The van der Waals surface area contributed by atoms with Crippen LogP contribution in [0.25, 0.3) is 0 Å². The Bertz CT molecular complexity index is 193. The van der Waals surface area contributed by atoms with E-state index in [1.165, 1.54) is 12.8 Å².